The first-order chi connectivity index (χ1) is 18.3. The number of hydrogen-bond acceptors (Lipinski definition) is 7. The van der Waals surface area contributed by atoms with E-state index < -0.39 is 18.9 Å². The Bertz CT molecular complexity index is 1570. The van der Waals surface area contributed by atoms with Crippen LogP contribution in [0, 0.1) is 13.8 Å². The molecule has 0 saturated heterocycles. The quantitative estimate of drug-likeness (QED) is 0.211. The molecule has 0 radical (unpaired) electrons. The van der Waals surface area contributed by atoms with Crippen LogP contribution in [0.15, 0.2) is 104 Å². The molecule has 2 aromatic heterocycles. The van der Waals surface area contributed by atoms with Gasteiger partial charge in [0, 0.05) is 51.0 Å². The summed E-state index contributed by atoms with van der Waals surface area (Å²) in [5.41, 5.74) is 9.08. The fraction of sp³-hybridized carbons (Fsp3) is 0.214. The van der Waals surface area contributed by atoms with Crippen LogP contribution in [0.3, 0.4) is 0 Å². The van der Waals surface area contributed by atoms with E-state index in [0.29, 0.717) is 17.9 Å². The largest absolute Gasteiger partial charge is 0.326 e. The lowest BCUT2D eigenvalue weighted by atomic mass is 10.2. The fourth-order valence-electron chi connectivity index (χ4n) is 3.01. The lowest BCUT2D eigenvalue weighted by molar-refractivity contribution is 0.595. The van der Waals surface area contributed by atoms with E-state index in [9.17, 15) is 16.8 Å². The molecule has 0 bridgehead atoms. The van der Waals surface area contributed by atoms with Crippen LogP contribution in [-0.2, 0) is 31.9 Å². The van der Waals surface area contributed by atoms with Gasteiger partial charge in [0.25, 0.3) is 9.05 Å². The van der Waals surface area contributed by atoms with Crippen molar-refractivity contribution in [1.29, 1.82) is 0 Å². The van der Waals surface area contributed by atoms with E-state index in [0.717, 1.165) is 31.2 Å². The van der Waals surface area contributed by atoms with Gasteiger partial charge in [0.05, 0.1) is 15.5 Å². The second kappa shape index (κ2) is 17.0. The molecule has 4 aromatic rings. The molecule has 0 saturated carbocycles. The number of aromatic nitrogens is 2. The van der Waals surface area contributed by atoms with Crippen LogP contribution in [-0.4, -0.2) is 32.6 Å². The number of nitrogens with two attached hydrogens (primary N) is 1. The van der Waals surface area contributed by atoms with E-state index in [1.165, 1.54) is 12.1 Å². The number of aryl methyl sites for hydroxylation is 3. The van der Waals surface area contributed by atoms with Crippen LogP contribution >= 0.6 is 42.5 Å². The van der Waals surface area contributed by atoms with Gasteiger partial charge in [-0.15, -0.1) is 0 Å². The van der Waals surface area contributed by atoms with Gasteiger partial charge < -0.3 is 5.73 Å². The number of pyridine rings is 2. The Labute approximate surface area is 258 Å². The molecule has 216 valence electrons. The molecule has 0 aliphatic heterocycles. The molecule has 2 N–H and O–H groups in total. The minimum atomic E-state index is -3.59. The van der Waals surface area contributed by atoms with Gasteiger partial charge in [-0.25, -0.2) is 16.8 Å². The molecule has 12 heteroatoms. The van der Waals surface area contributed by atoms with E-state index in [-0.39, 0.29) is 18.1 Å². The number of rotatable bonds is 6. The monoisotopic (exact) mass is 731 g/mol. The van der Waals surface area contributed by atoms with Crippen LogP contribution < -0.4 is 5.73 Å². The molecule has 2 heterocycles. The summed E-state index contributed by atoms with van der Waals surface area (Å²) in [5, 5.41) is 0. The van der Waals surface area contributed by atoms with Crippen molar-refractivity contribution in [3.8, 4) is 0 Å². The molecule has 0 aliphatic rings. The maximum Gasteiger partial charge on any atom is 0.261 e. The van der Waals surface area contributed by atoms with Crippen molar-refractivity contribution in [3.63, 3.8) is 0 Å². The zero-order valence-corrected chi connectivity index (χ0v) is 26.8. The lowest BCUT2D eigenvalue weighted by Crippen LogP contribution is -2.09. The SMILES string of the molecule is C.Cc1cc(S(=O)(=O)CCc2cccnc2)ccc1Br.Cc1cc(S(=O)(=O)Cl)ccc1Br.NCc1cccnc1. The van der Waals surface area contributed by atoms with Crippen LogP contribution in [0.5, 0.6) is 0 Å². The first kappa shape index (κ1) is 35.9. The van der Waals surface area contributed by atoms with E-state index >= 15 is 0 Å². The first-order valence-electron chi connectivity index (χ1n) is 11.5. The van der Waals surface area contributed by atoms with E-state index in [1.54, 1.807) is 56.0 Å². The topological polar surface area (TPSA) is 120 Å². The Morgan fingerprint density at radius 2 is 1.25 bits per heavy atom. The van der Waals surface area contributed by atoms with Gasteiger partial charge in [0.2, 0.25) is 0 Å². The maximum absolute atomic E-state index is 12.2. The summed E-state index contributed by atoms with van der Waals surface area (Å²) < 4.78 is 47.9. The van der Waals surface area contributed by atoms with Gasteiger partial charge in [-0.05, 0) is 91.1 Å². The molecule has 0 amide bonds. The highest BCUT2D eigenvalue weighted by molar-refractivity contribution is 9.10. The third-order valence-electron chi connectivity index (χ3n) is 5.24. The molecular formula is C28H32Br2ClN3O4S2. The molecular weight excluding hydrogens is 702 g/mol. The summed E-state index contributed by atoms with van der Waals surface area (Å²) in [6.07, 6.45) is 7.35. The van der Waals surface area contributed by atoms with E-state index in [1.807, 2.05) is 31.2 Å². The molecule has 0 spiro atoms. The minimum absolute atomic E-state index is 0. The predicted octanol–water partition coefficient (Wildman–Crippen LogP) is 7.03. The summed E-state index contributed by atoms with van der Waals surface area (Å²) in [6.45, 7) is 4.26. The number of benzene rings is 2. The van der Waals surface area contributed by atoms with Crippen molar-refractivity contribution in [2.45, 2.75) is 44.0 Å². The molecule has 0 aliphatic carbocycles. The van der Waals surface area contributed by atoms with Crippen molar-refractivity contribution >= 4 is 61.4 Å². The van der Waals surface area contributed by atoms with Crippen molar-refractivity contribution in [2.75, 3.05) is 5.75 Å². The minimum Gasteiger partial charge on any atom is -0.326 e. The van der Waals surface area contributed by atoms with Gasteiger partial charge in [0.15, 0.2) is 9.84 Å². The highest BCUT2D eigenvalue weighted by atomic mass is 79.9. The zero-order valence-electron chi connectivity index (χ0n) is 21.3. The summed E-state index contributed by atoms with van der Waals surface area (Å²) in [6, 6.07) is 17.3. The number of halogens is 3. The van der Waals surface area contributed by atoms with Gasteiger partial charge in [-0.1, -0.05) is 51.4 Å². The van der Waals surface area contributed by atoms with Crippen LogP contribution in [0.25, 0.3) is 0 Å². The maximum atomic E-state index is 12.2. The van der Waals surface area contributed by atoms with Gasteiger partial charge in [-0.2, -0.15) is 0 Å². The summed E-state index contributed by atoms with van der Waals surface area (Å²) in [5.74, 6) is 0.0970. The third kappa shape index (κ3) is 12.2. The van der Waals surface area contributed by atoms with Crippen molar-refractivity contribution in [3.05, 3.63) is 117 Å². The molecule has 2 aromatic carbocycles. The average molecular weight is 734 g/mol. The van der Waals surface area contributed by atoms with Crippen molar-refractivity contribution in [1.82, 2.24) is 9.97 Å². The molecule has 4 rings (SSSR count). The van der Waals surface area contributed by atoms with Crippen molar-refractivity contribution < 1.29 is 16.8 Å². The molecule has 0 fully saturated rings. The standard InChI is InChI=1S/C14H14BrNO2S.C7H6BrClO2S.C6H8N2.CH4/c1-11-9-13(4-5-14(11)15)19(17,18)8-6-12-3-2-7-16-10-12;1-5-4-6(12(9,10)11)2-3-7(5)8;7-4-6-2-1-3-8-5-6;/h2-5,7,9-10H,6,8H2,1H3;2-4H,1H3;1-3,5H,4,7H2;1H4. The summed E-state index contributed by atoms with van der Waals surface area (Å²) >= 11 is 6.63. The number of sulfone groups is 1. The second-order valence-electron chi connectivity index (χ2n) is 8.26. The highest BCUT2D eigenvalue weighted by Crippen LogP contribution is 2.22. The van der Waals surface area contributed by atoms with Crippen LogP contribution in [0.4, 0.5) is 0 Å². The highest BCUT2D eigenvalue weighted by Gasteiger charge is 2.15. The zero-order chi connectivity index (χ0) is 29.1. The Hall–Kier alpha value is -2.15. The molecule has 0 unspecified atom stereocenters. The van der Waals surface area contributed by atoms with E-state index in [4.69, 9.17) is 16.4 Å². The van der Waals surface area contributed by atoms with Gasteiger partial charge in [0.1, 0.15) is 0 Å². The Morgan fingerprint density at radius 1 is 0.775 bits per heavy atom. The Balaban J connectivity index is 0.000000326. The Kier molecular flexibility index (Phi) is 15.2. The normalized spacial score (nSPS) is 10.8. The third-order valence-corrected chi connectivity index (χ3v) is 10.1. The predicted molar refractivity (Wildman–Crippen MR) is 170 cm³/mol. The smallest absolute Gasteiger partial charge is 0.261 e. The van der Waals surface area contributed by atoms with Crippen LogP contribution in [0.1, 0.15) is 29.7 Å². The molecule has 7 nitrogen and oxygen atoms in total. The molecule has 40 heavy (non-hydrogen) atoms. The average Bonchev–Trinajstić information content (AvgIpc) is 2.92. The first-order valence-corrected chi connectivity index (χ1v) is 17.1. The Morgan fingerprint density at radius 3 is 1.65 bits per heavy atom. The summed E-state index contributed by atoms with van der Waals surface area (Å²) in [7, 11) is -1.70. The fourth-order valence-corrected chi connectivity index (χ4v) is 5.72. The summed E-state index contributed by atoms with van der Waals surface area (Å²) in [4.78, 5) is 8.36. The number of hydrogen-bond donors (Lipinski definition) is 1. The lowest BCUT2D eigenvalue weighted by Gasteiger charge is -2.06. The van der Waals surface area contributed by atoms with E-state index in [2.05, 4.69) is 41.8 Å². The van der Waals surface area contributed by atoms with Crippen LogP contribution in [0.2, 0.25) is 0 Å². The van der Waals surface area contributed by atoms with Gasteiger partial charge in [-0.3, -0.25) is 9.97 Å². The van der Waals surface area contributed by atoms with Crippen molar-refractivity contribution in [2.24, 2.45) is 5.73 Å². The van der Waals surface area contributed by atoms with Gasteiger partial charge >= 0.3 is 0 Å². The number of nitrogens with zero attached hydrogens (tertiary/aromatic N) is 2. The molecule has 0 atom stereocenters. The second-order valence-corrected chi connectivity index (χ2v) is 14.6.